The Bertz CT molecular complexity index is 384. The van der Waals surface area contributed by atoms with Crippen LogP contribution in [0.5, 0.6) is 0 Å². The van der Waals surface area contributed by atoms with Crippen molar-refractivity contribution in [2.45, 2.75) is 57.0 Å². The molecular weight excluding hydrogens is 314 g/mol. The molecule has 112 valence electrons. The lowest BCUT2D eigenvalue weighted by Crippen LogP contribution is -2.28. The fraction of sp³-hybridized carbons (Fsp3) is 0.647. The van der Waals surface area contributed by atoms with Crippen LogP contribution in [-0.4, -0.2) is 17.8 Å². The van der Waals surface area contributed by atoms with Gasteiger partial charge in [0.2, 0.25) is 0 Å². The topological polar surface area (TPSA) is 46.2 Å². The summed E-state index contributed by atoms with van der Waals surface area (Å²) in [6, 6.07) is 8.18. The summed E-state index contributed by atoms with van der Waals surface area (Å²) < 4.78 is 1.07. The Morgan fingerprint density at radius 3 is 2.25 bits per heavy atom. The van der Waals surface area contributed by atoms with Crippen molar-refractivity contribution in [3.8, 4) is 0 Å². The zero-order chi connectivity index (χ0) is 14.4. The third kappa shape index (κ3) is 4.57. The van der Waals surface area contributed by atoms with Crippen molar-refractivity contribution in [1.82, 2.24) is 0 Å². The first kappa shape index (κ1) is 16.0. The predicted octanol–water partition coefficient (Wildman–Crippen LogP) is 4.21. The molecular formula is C17H26BrNO. The molecule has 0 bridgehead atoms. The van der Waals surface area contributed by atoms with Crippen molar-refractivity contribution in [1.29, 1.82) is 0 Å². The molecule has 0 amide bonds. The molecule has 0 saturated heterocycles. The van der Waals surface area contributed by atoms with Gasteiger partial charge in [0.15, 0.2) is 0 Å². The molecule has 1 aromatic carbocycles. The average Bonchev–Trinajstić information content (AvgIpc) is 2.70. The summed E-state index contributed by atoms with van der Waals surface area (Å²) in [4.78, 5) is 0. The van der Waals surface area contributed by atoms with E-state index in [-0.39, 0.29) is 12.0 Å². The van der Waals surface area contributed by atoms with Crippen LogP contribution in [0.4, 0.5) is 0 Å². The first-order valence-corrected chi connectivity index (χ1v) is 8.63. The largest absolute Gasteiger partial charge is 0.392 e. The highest BCUT2D eigenvalue weighted by Gasteiger charge is 2.24. The number of hydrogen-bond donors (Lipinski definition) is 2. The number of hydrogen-bond acceptors (Lipinski definition) is 2. The lowest BCUT2D eigenvalue weighted by Gasteiger charge is -2.25. The van der Waals surface area contributed by atoms with E-state index in [9.17, 15) is 5.11 Å². The van der Waals surface area contributed by atoms with Gasteiger partial charge in [-0.2, -0.15) is 0 Å². The summed E-state index contributed by atoms with van der Waals surface area (Å²) in [6.45, 7) is 0.509. The van der Waals surface area contributed by atoms with Crippen LogP contribution in [0.1, 0.15) is 56.4 Å². The highest BCUT2D eigenvalue weighted by Crippen LogP contribution is 2.31. The van der Waals surface area contributed by atoms with Crippen molar-refractivity contribution in [3.05, 3.63) is 34.3 Å². The van der Waals surface area contributed by atoms with Crippen LogP contribution in [0.25, 0.3) is 0 Å². The second-order valence-corrected chi connectivity index (χ2v) is 6.97. The number of nitrogens with two attached hydrogens (primary N) is 1. The van der Waals surface area contributed by atoms with Crippen LogP contribution in [0, 0.1) is 5.92 Å². The molecule has 2 atom stereocenters. The van der Waals surface area contributed by atoms with Gasteiger partial charge in [0.05, 0.1) is 6.10 Å². The lowest BCUT2D eigenvalue weighted by atomic mass is 9.85. The zero-order valence-electron chi connectivity index (χ0n) is 12.1. The van der Waals surface area contributed by atoms with E-state index in [1.165, 1.54) is 38.5 Å². The van der Waals surface area contributed by atoms with E-state index in [1.807, 2.05) is 12.1 Å². The minimum absolute atomic E-state index is 0.0614. The molecule has 2 unspecified atom stereocenters. The Labute approximate surface area is 130 Å². The number of benzene rings is 1. The number of aliphatic hydroxyl groups is 1. The van der Waals surface area contributed by atoms with E-state index in [4.69, 9.17) is 5.73 Å². The van der Waals surface area contributed by atoms with E-state index in [0.29, 0.717) is 12.5 Å². The third-order valence-corrected chi connectivity index (χ3v) is 5.09. The minimum Gasteiger partial charge on any atom is -0.392 e. The highest BCUT2D eigenvalue weighted by molar-refractivity contribution is 9.10. The van der Waals surface area contributed by atoms with Crippen LogP contribution in [0.15, 0.2) is 28.7 Å². The molecule has 0 aliphatic heterocycles. The normalized spacial score (nSPS) is 20.4. The van der Waals surface area contributed by atoms with Crippen molar-refractivity contribution in [3.63, 3.8) is 0 Å². The summed E-state index contributed by atoms with van der Waals surface area (Å²) >= 11 is 3.45. The van der Waals surface area contributed by atoms with Gasteiger partial charge in [-0.15, -0.1) is 0 Å². The van der Waals surface area contributed by atoms with Crippen LogP contribution < -0.4 is 5.73 Å². The molecule has 3 heteroatoms. The van der Waals surface area contributed by atoms with Crippen molar-refractivity contribution in [2.75, 3.05) is 6.54 Å². The van der Waals surface area contributed by atoms with E-state index < -0.39 is 0 Å². The molecule has 0 spiro atoms. The van der Waals surface area contributed by atoms with Crippen molar-refractivity contribution < 1.29 is 5.11 Å². The van der Waals surface area contributed by atoms with Crippen molar-refractivity contribution >= 4 is 15.9 Å². The molecule has 0 radical (unpaired) electrons. The van der Waals surface area contributed by atoms with E-state index in [0.717, 1.165) is 16.5 Å². The summed E-state index contributed by atoms with van der Waals surface area (Å²) in [5.74, 6) is 0.739. The van der Waals surface area contributed by atoms with Gasteiger partial charge in [0, 0.05) is 16.9 Å². The third-order valence-electron chi connectivity index (χ3n) is 4.57. The Balaban J connectivity index is 1.97. The van der Waals surface area contributed by atoms with Gasteiger partial charge in [-0.05, 0) is 30.0 Å². The van der Waals surface area contributed by atoms with Crippen LogP contribution >= 0.6 is 15.9 Å². The first-order valence-electron chi connectivity index (χ1n) is 7.84. The molecule has 1 aliphatic carbocycles. The number of halogens is 1. The summed E-state index contributed by atoms with van der Waals surface area (Å²) in [6.07, 6.45) is 8.50. The maximum Gasteiger partial charge on any atom is 0.0623 e. The Kier molecular flexibility index (Phi) is 6.53. The Morgan fingerprint density at radius 1 is 1.10 bits per heavy atom. The molecule has 1 aromatic rings. The highest BCUT2D eigenvalue weighted by atomic mass is 79.9. The molecule has 1 saturated carbocycles. The lowest BCUT2D eigenvalue weighted by molar-refractivity contribution is 0.112. The monoisotopic (exact) mass is 339 g/mol. The molecule has 20 heavy (non-hydrogen) atoms. The maximum absolute atomic E-state index is 10.6. The van der Waals surface area contributed by atoms with Gasteiger partial charge in [-0.1, -0.05) is 66.6 Å². The van der Waals surface area contributed by atoms with Gasteiger partial charge in [0.25, 0.3) is 0 Å². The molecule has 0 heterocycles. The smallest absolute Gasteiger partial charge is 0.0623 e. The molecule has 0 aromatic heterocycles. The molecule has 1 fully saturated rings. The van der Waals surface area contributed by atoms with Crippen LogP contribution in [0.2, 0.25) is 0 Å². The zero-order valence-corrected chi connectivity index (χ0v) is 13.7. The van der Waals surface area contributed by atoms with Crippen LogP contribution in [0.3, 0.4) is 0 Å². The van der Waals surface area contributed by atoms with Gasteiger partial charge in [0.1, 0.15) is 0 Å². The quantitative estimate of drug-likeness (QED) is 0.789. The van der Waals surface area contributed by atoms with Gasteiger partial charge in [-0.3, -0.25) is 0 Å². The Hall–Kier alpha value is -0.380. The Morgan fingerprint density at radius 2 is 1.70 bits per heavy atom. The standard InChI is InChI=1S/C17H26BrNO/c18-15-9-7-14(8-10-15)16(12-19)17(20)11-13-5-3-1-2-4-6-13/h7-10,13,16-17,20H,1-6,11-12,19H2. The number of rotatable bonds is 5. The molecule has 3 N–H and O–H groups in total. The average molecular weight is 340 g/mol. The number of aliphatic hydroxyl groups excluding tert-OH is 1. The maximum atomic E-state index is 10.6. The summed E-state index contributed by atoms with van der Waals surface area (Å²) in [5, 5.41) is 10.6. The second kappa shape index (κ2) is 8.16. The predicted molar refractivity (Wildman–Crippen MR) is 87.8 cm³/mol. The molecule has 1 aliphatic rings. The van der Waals surface area contributed by atoms with Crippen LogP contribution in [-0.2, 0) is 0 Å². The van der Waals surface area contributed by atoms with E-state index >= 15 is 0 Å². The van der Waals surface area contributed by atoms with Gasteiger partial charge >= 0.3 is 0 Å². The van der Waals surface area contributed by atoms with E-state index in [2.05, 4.69) is 28.1 Å². The van der Waals surface area contributed by atoms with E-state index in [1.54, 1.807) is 0 Å². The fourth-order valence-corrected chi connectivity index (χ4v) is 3.60. The van der Waals surface area contributed by atoms with Crippen molar-refractivity contribution in [2.24, 2.45) is 11.7 Å². The first-order chi connectivity index (χ1) is 9.70. The SMILES string of the molecule is NCC(c1ccc(Br)cc1)C(O)CC1CCCCCC1. The molecule has 2 nitrogen and oxygen atoms in total. The second-order valence-electron chi connectivity index (χ2n) is 6.05. The molecule has 2 rings (SSSR count). The minimum atomic E-state index is -0.315. The van der Waals surface area contributed by atoms with Gasteiger partial charge in [-0.25, -0.2) is 0 Å². The fourth-order valence-electron chi connectivity index (χ4n) is 3.33. The summed E-state index contributed by atoms with van der Waals surface area (Å²) in [7, 11) is 0. The van der Waals surface area contributed by atoms with Gasteiger partial charge < -0.3 is 10.8 Å². The summed E-state index contributed by atoms with van der Waals surface area (Å²) in [5.41, 5.74) is 7.06.